The number of carbonyl (C=O) groups excluding carboxylic acids is 1. The van der Waals surface area contributed by atoms with Crippen molar-refractivity contribution in [2.45, 2.75) is 24.9 Å². The van der Waals surface area contributed by atoms with Crippen molar-refractivity contribution in [1.82, 2.24) is 4.90 Å². The van der Waals surface area contributed by atoms with Crippen molar-refractivity contribution in [2.24, 2.45) is 0 Å². The van der Waals surface area contributed by atoms with E-state index in [0.717, 1.165) is 24.3 Å². The maximum Gasteiger partial charge on any atom is 0.410 e. The SMILES string of the molecule is O=C(O)CCN1CCC2(CCSC2)OC1=O. The van der Waals surface area contributed by atoms with E-state index in [4.69, 9.17) is 9.84 Å². The highest BCUT2D eigenvalue weighted by Crippen LogP contribution is 2.37. The molecule has 1 spiro atoms. The minimum absolute atomic E-state index is 0.0170. The molecule has 2 rings (SSSR count). The topological polar surface area (TPSA) is 66.8 Å². The van der Waals surface area contributed by atoms with E-state index >= 15 is 0 Å². The summed E-state index contributed by atoms with van der Waals surface area (Å²) in [6.45, 7) is 0.865. The zero-order chi connectivity index (χ0) is 11.6. The molecule has 0 aliphatic carbocycles. The number of ether oxygens (including phenoxy) is 1. The first kappa shape index (κ1) is 11.6. The third-order valence-corrected chi connectivity index (χ3v) is 4.29. The number of aliphatic carboxylic acids is 1. The molecule has 0 aromatic carbocycles. The third-order valence-electron chi connectivity index (χ3n) is 3.06. The fourth-order valence-corrected chi connectivity index (χ4v) is 3.41. The summed E-state index contributed by atoms with van der Waals surface area (Å²) in [4.78, 5) is 23.6. The van der Waals surface area contributed by atoms with Gasteiger partial charge in [0, 0.05) is 25.3 Å². The van der Waals surface area contributed by atoms with Crippen molar-refractivity contribution in [3.05, 3.63) is 0 Å². The lowest BCUT2D eigenvalue weighted by Gasteiger charge is -2.38. The van der Waals surface area contributed by atoms with Gasteiger partial charge in [0.1, 0.15) is 5.60 Å². The molecule has 2 saturated heterocycles. The standard InChI is InChI=1S/C10H15NO4S/c12-8(13)1-4-11-5-2-10(15-9(11)14)3-6-16-7-10/h1-7H2,(H,12,13). The van der Waals surface area contributed by atoms with Gasteiger partial charge in [-0.2, -0.15) is 11.8 Å². The van der Waals surface area contributed by atoms with Gasteiger partial charge in [-0.1, -0.05) is 0 Å². The molecule has 16 heavy (non-hydrogen) atoms. The second kappa shape index (κ2) is 4.53. The first-order chi connectivity index (χ1) is 7.61. The van der Waals surface area contributed by atoms with Gasteiger partial charge in [-0.3, -0.25) is 4.79 Å². The Kier molecular flexibility index (Phi) is 3.28. The van der Waals surface area contributed by atoms with Crippen LogP contribution in [-0.2, 0) is 9.53 Å². The minimum atomic E-state index is -0.885. The summed E-state index contributed by atoms with van der Waals surface area (Å²) in [6, 6.07) is 0. The number of amides is 1. The highest BCUT2D eigenvalue weighted by atomic mass is 32.2. The van der Waals surface area contributed by atoms with E-state index in [0.29, 0.717) is 6.54 Å². The molecule has 0 aromatic rings. The lowest BCUT2D eigenvalue weighted by Crippen LogP contribution is -2.50. The van der Waals surface area contributed by atoms with Crippen molar-refractivity contribution in [2.75, 3.05) is 24.6 Å². The Hall–Kier alpha value is -0.910. The molecular formula is C10H15NO4S. The average Bonchev–Trinajstić information content (AvgIpc) is 2.65. The second-order valence-electron chi connectivity index (χ2n) is 4.23. The highest BCUT2D eigenvalue weighted by molar-refractivity contribution is 7.99. The van der Waals surface area contributed by atoms with E-state index in [2.05, 4.69) is 0 Å². The summed E-state index contributed by atoms with van der Waals surface area (Å²) in [5.41, 5.74) is -0.262. The Morgan fingerprint density at radius 2 is 2.38 bits per heavy atom. The summed E-state index contributed by atoms with van der Waals surface area (Å²) in [5.74, 6) is 1.04. The van der Waals surface area contributed by atoms with Gasteiger partial charge in [-0.25, -0.2) is 4.79 Å². The van der Waals surface area contributed by atoms with Gasteiger partial charge in [-0.15, -0.1) is 0 Å². The monoisotopic (exact) mass is 245 g/mol. The molecule has 0 aromatic heterocycles. The molecule has 90 valence electrons. The van der Waals surface area contributed by atoms with E-state index in [-0.39, 0.29) is 24.7 Å². The predicted octanol–water partition coefficient (Wildman–Crippen LogP) is 1.18. The maximum atomic E-state index is 11.7. The summed E-state index contributed by atoms with van der Waals surface area (Å²) in [6.07, 6.45) is 1.38. The predicted molar refractivity (Wildman–Crippen MR) is 59.6 cm³/mol. The quantitative estimate of drug-likeness (QED) is 0.808. The molecule has 2 aliphatic heterocycles. The van der Waals surface area contributed by atoms with Gasteiger partial charge in [-0.05, 0) is 12.2 Å². The Labute approximate surface area is 98.1 Å². The zero-order valence-electron chi connectivity index (χ0n) is 8.98. The third kappa shape index (κ3) is 2.42. The number of rotatable bonds is 3. The van der Waals surface area contributed by atoms with Crippen molar-refractivity contribution in [3.8, 4) is 0 Å². The van der Waals surface area contributed by atoms with Gasteiger partial charge in [0.25, 0.3) is 0 Å². The molecule has 2 aliphatic rings. The van der Waals surface area contributed by atoms with Crippen LogP contribution in [0.25, 0.3) is 0 Å². The zero-order valence-corrected chi connectivity index (χ0v) is 9.79. The van der Waals surface area contributed by atoms with Crippen LogP contribution >= 0.6 is 11.8 Å². The number of hydrogen-bond acceptors (Lipinski definition) is 4. The Bertz CT molecular complexity index is 301. The maximum absolute atomic E-state index is 11.7. The smallest absolute Gasteiger partial charge is 0.410 e. The average molecular weight is 245 g/mol. The molecule has 5 nitrogen and oxygen atoms in total. The van der Waals surface area contributed by atoms with Crippen LogP contribution in [0.15, 0.2) is 0 Å². The van der Waals surface area contributed by atoms with Gasteiger partial charge < -0.3 is 14.7 Å². The van der Waals surface area contributed by atoms with Crippen LogP contribution in [0.4, 0.5) is 4.79 Å². The molecule has 1 N–H and O–H groups in total. The normalized spacial score (nSPS) is 29.5. The molecule has 0 saturated carbocycles. The number of carboxylic acids is 1. The van der Waals surface area contributed by atoms with Crippen LogP contribution in [0, 0.1) is 0 Å². The first-order valence-corrected chi connectivity index (χ1v) is 6.54. The van der Waals surface area contributed by atoms with Crippen LogP contribution in [0.1, 0.15) is 19.3 Å². The Morgan fingerprint density at radius 3 is 2.94 bits per heavy atom. The van der Waals surface area contributed by atoms with E-state index in [1.165, 1.54) is 4.90 Å². The van der Waals surface area contributed by atoms with Crippen LogP contribution in [0.2, 0.25) is 0 Å². The molecule has 1 atom stereocenters. The summed E-state index contributed by atoms with van der Waals surface area (Å²) in [5, 5.41) is 8.55. The van der Waals surface area contributed by atoms with Crippen LogP contribution < -0.4 is 0 Å². The molecule has 2 fully saturated rings. The summed E-state index contributed by atoms with van der Waals surface area (Å²) in [7, 11) is 0. The fourth-order valence-electron chi connectivity index (χ4n) is 2.03. The summed E-state index contributed by atoms with van der Waals surface area (Å²) >= 11 is 1.81. The minimum Gasteiger partial charge on any atom is -0.481 e. The molecule has 6 heteroatoms. The van der Waals surface area contributed by atoms with Gasteiger partial charge in [0.05, 0.1) is 6.42 Å². The number of nitrogens with zero attached hydrogens (tertiary/aromatic N) is 1. The molecule has 2 heterocycles. The molecule has 1 unspecified atom stereocenters. The lowest BCUT2D eigenvalue weighted by molar-refractivity contribution is -0.137. The van der Waals surface area contributed by atoms with Crippen LogP contribution in [0.5, 0.6) is 0 Å². The Balaban J connectivity index is 1.87. The Morgan fingerprint density at radius 1 is 1.56 bits per heavy atom. The number of carboxylic acid groups (broad SMARTS) is 1. The number of hydrogen-bond donors (Lipinski definition) is 1. The van der Waals surface area contributed by atoms with Crippen molar-refractivity contribution >= 4 is 23.8 Å². The van der Waals surface area contributed by atoms with Crippen molar-refractivity contribution < 1.29 is 19.4 Å². The number of thioether (sulfide) groups is 1. The van der Waals surface area contributed by atoms with Crippen molar-refractivity contribution in [3.63, 3.8) is 0 Å². The highest BCUT2D eigenvalue weighted by Gasteiger charge is 2.43. The molecule has 1 amide bonds. The number of carbonyl (C=O) groups is 2. The van der Waals surface area contributed by atoms with Crippen LogP contribution in [0.3, 0.4) is 0 Å². The van der Waals surface area contributed by atoms with E-state index in [1.54, 1.807) is 0 Å². The summed E-state index contributed by atoms with van der Waals surface area (Å²) < 4.78 is 5.45. The van der Waals surface area contributed by atoms with Crippen molar-refractivity contribution in [1.29, 1.82) is 0 Å². The van der Waals surface area contributed by atoms with E-state index in [1.807, 2.05) is 11.8 Å². The second-order valence-corrected chi connectivity index (χ2v) is 5.34. The lowest BCUT2D eigenvalue weighted by atomic mass is 9.97. The van der Waals surface area contributed by atoms with E-state index in [9.17, 15) is 9.59 Å². The fraction of sp³-hybridized carbons (Fsp3) is 0.800. The first-order valence-electron chi connectivity index (χ1n) is 5.39. The largest absolute Gasteiger partial charge is 0.481 e. The molecule has 0 radical (unpaired) electrons. The van der Waals surface area contributed by atoms with E-state index < -0.39 is 5.97 Å². The molecular weight excluding hydrogens is 230 g/mol. The van der Waals surface area contributed by atoms with Gasteiger partial charge in [0.2, 0.25) is 0 Å². The van der Waals surface area contributed by atoms with Gasteiger partial charge in [0.15, 0.2) is 0 Å². The molecule has 0 bridgehead atoms. The van der Waals surface area contributed by atoms with Crippen LogP contribution in [-0.4, -0.2) is 52.3 Å². The van der Waals surface area contributed by atoms with Gasteiger partial charge >= 0.3 is 12.1 Å².